The first-order chi connectivity index (χ1) is 6.24. The molecule has 0 aromatic carbocycles. The summed E-state index contributed by atoms with van der Waals surface area (Å²) in [6.45, 7) is 3.01. The van der Waals surface area contributed by atoms with E-state index in [9.17, 15) is 9.59 Å². The molecule has 0 radical (unpaired) electrons. The van der Waals surface area contributed by atoms with E-state index in [1.165, 1.54) is 0 Å². The molecule has 1 fully saturated rings. The van der Waals surface area contributed by atoms with Crippen LogP contribution in [0.3, 0.4) is 0 Å². The van der Waals surface area contributed by atoms with Crippen molar-refractivity contribution in [3.8, 4) is 0 Å². The highest BCUT2D eigenvalue weighted by molar-refractivity contribution is 5.86. The SMILES string of the molecule is CCOC(=O)CC1OCCNC1=O. The number of rotatable bonds is 3. The van der Waals surface area contributed by atoms with Crippen LogP contribution in [0, 0.1) is 0 Å². The molecule has 5 heteroatoms. The molecule has 1 heterocycles. The van der Waals surface area contributed by atoms with Gasteiger partial charge in [-0.3, -0.25) is 9.59 Å². The van der Waals surface area contributed by atoms with Crippen molar-refractivity contribution in [3.63, 3.8) is 0 Å². The molecule has 1 unspecified atom stereocenters. The summed E-state index contributed by atoms with van der Waals surface area (Å²) in [5, 5.41) is 2.61. The Morgan fingerprint density at radius 3 is 3.15 bits per heavy atom. The number of amides is 1. The molecule has 1 aliphatic heterocycles. The minimum Gasteiger partial charge on any atom is -0.466 e. The number of hydrogen-bond acceptors (Lipinski definition) is 4. The van der Waals surface area contributed by atoms with E-state index in [1.54, 1.807) is 6.92 Å². The first-order valence-corrected chi connectivity index (χ1v) is 4.29. The van der Waals surface area contributed by atoms with Crippen molar-refractivity contribution in [1.29, 1.82) is 0 Å². The number of ether oxygens (including phenoxy) is 2. The lowest BCUT2D eigenvalue weighted by atomic mass is 10.2. The minimum atomic E-state index is -0.673. The third-order valence-electron chi connectivity index (χ3n) is 1.67. The number of hydrogen-bond donors (Lipinski definition) is 1. The second-order valence-corrected chi connectivity index (χ2v) is 2.66. The highest BCUT2D eigenvalue weighted by atomic mass is 16.5. The number of morpholine rings is 1. The maximum Gasteiger partial charge on any atom is 0.308 e. The average molecular weight is 187 g/mol. The van der Waals surface area contributed by atoms with Crippen LogP contribution in [-0.4, -0.2) is 37.7 Å². The Morgan fingerprint density at radius 2 is 2.54 bits per heavy atom. The summed E-state index contributed by atoms with van der Waals surface area (Å²) < 4.78 is 9.79. The smallest absolute Gasteiger partial charge is 0.308 e. The third-order valence-corrected chi connectivity index (χ3v) is 1.67. The molecule has 0 aromatic heterocycles. The predicted molar refractivity (Wildman–Crippen MR) is 44.0 cm³/mol. The van der Waals surface area contributed by atoms with Crippen LogP contribution in [0.5, 0.6) is 0 Å². The Balaban J connectivity index is 2.33. The van der Waals surface area contributed by atoms with Gasteiger partial charge < -0.3 is 14.8 Å². The fourth-order valence-corrected chi connectivity index (χ4v) is 1.09. The van der Waals surface area contributed by atoms with Crippen LogP contribution >= 0.6 is 0 Å². The van der Waals surface area contributed by atoms with Crippen molar-refractivity contribution in [1.82, 2.24) is 5.32 Å². The zero-order valence-corrected chi connectivity index (χ0v) is 7.54. The van der Waals surface area contributed by atoms with Crippen molar-refractivity contribution in [2.24, 2.45) is 0 Å². The molecule has 0 aromatic rings. The van der Waals surface area contributed by atoms with Crippen molar-refractivity contribution >= 4 is 11.9 Å². The van der Waals surface area contributed by atoms with Gasteiger partial charge in [0, 0.05) is 6.54 Å². The van der Waals surface area contributed by atoms with Gasteiger partial charge in [0.25, 0.3) is 0 Å². The number of esters is 1. The standard InChI is InChI=1S/C8H13NO4/c1-2-12-7(10)5-6-8(11)9-3-4-13-6/h6H,2-5H2,1H3,(H,9,11). The van der Waals surface area contributed by atoms with Gasteiger partial charge in [0.2, 0.25) is 5.91 Å². The first-order valence-electron chi connectivity index (χ1n) is 4.29. The number of nitrogens with one attached hydrogen (secondary N) is 1. The van der Waals surface area contributed by atoms with Crippen LogP contribution in [0.15, 0.2) is 0 Å². The van der Waals surface area contributed by atoms with Gasteiger partial charge in [0.05, 0.1) is 19.6 Å². The van der Waals surface area contributed by atoms with Gasteiger partial charge in [0.1, 0.15) is 6.10 Å². The fourth-order valence-electron chi connectivity index (χ4n) is 1.09. The second-order valence-electron chi connectivity index (χ2n) is 2.66. The molecule has 74 valence electrons. The molecular formula is C8H13NO4. The van der Waals surface area contributed by atoms with E-state index >= 15 is 0 Å². The monoisotopic (exact) mass is 187 g/mol. The average Bonchev–Trinajstić information content (AvgIpc) is 2.09. The van der Waals surface area contributed by atoms with E-state index in [1.807, 2.05) is 0 Å². The highest BCUT2D eigenvalue weighted by Crippen LogP contribution is 2.04. The van der Waals surface area contributed by atoms with Crippen molar-refractivity contribution in [2.75, 3.05) is 19.8 Å². The molecule has 1 saturated heterocycles. The van der Waals surface area contributed by atoms with Gasteiger partial charge in [0.15, 0.2) is 0 Å². The molecule has 13 heavy (non-hydrogen) atoms. The Hall–Kier alpha value is -1.10. The zero-order valence-electron chi connectivity index (χ0n) is 7.54. The van der Waals surface area contributed by atoms with E-state index in [-0.39, 0.29) is 12.3 Å². The lowest BCUT2D eigenvalue weighted by Gasteiger charge is -2.21. The molecule has 0 saturated carbocycles. The Bertz CT molecular complexity index is 204. The van der Waals surface area contributed by atoms with Gasteiger partial charge in [-0.25, -0.2) is 0 Å². The molecular weight excluding hydrogens is 174 g/mol. The van der Waals surface area contributed by atoms with Gasteiger partial charge in [-0.2, -0.15) is 0 Å². The Morgan fingerprint density at radius 1 is 1.77 bits per heavy atom. The minimum absolute atomic E-state index is 0.000324. The molecule has 1 rings (SSSR count). The maximum atomic E-state index is 11.1. The van der Waals surface area contributed by atoms with Crippen LogP contribution in [-0.2, 0) is 19.1 Å². The molecule has 0 aliphatic carbocycles. The summed E-state index contributed by atoms with van der Waals surface area (Å²) in [6, 6.07) is 0. The van der Waals surface area contributed by atoms with Crippen LogP contribution in [0.4, 0.5) is 0 Å². The zero-order chi connectivity index (χ0) is 9.68. The largest absolute Gasteiger partial charge is 0.466 e. The number of carbonyl (C=O) groups excluding carboxylic acids is 2. The Kier molecular flexibility index (Phi) is 3.70. The molecule has 0 bridgehead atoms. The van der Waals surface area contributed by atoms with Crippen LogP contribution in [0.25, 0.3) is 0 Å². The fraction of sp³-hybridized carbons (Fsp3) is 0.750. The first kappa shape index (κ1) is 9.98. The van der Waals surface area contributed by atoms with Crippen LogP contribution in [0.1, 0.15) is 13.3 Å². The predicted octanol–water partition coefficient (Wildman–Crippen LogP) is -0.545. The van der Waals surface area contributed by atoms with E-state index in [0.717, 1.165) is 0 Å². The van der Waals surface area contributed by atoms with Crippen molar-refractivity contribution in [2.45, 2.75) is 19.4 Å². The van der Waals surface area contributed by atoms with Crippen LogP contribution in [0.2, 0.25) is 0 Å². The summed E-state index contributed by atoms with van der Waals surface area (Å²) in [6.07, 6.45) is -0.674. The summed E-state index contributed by atoms with van der Waals surface area (Å²) in [4.78, 5) is 22.1. The summed E-state index contributed by atoms with van der Waals surface area (Å²) in [5.41, 5.74) is 0. The van der Waals surface area contributed by atoms with Crippen LogP contribution < -0.4 is 5.32 Å². The number of carbonyl (C=O) groups is 2. The van der Waals surface area contributed by atoms with Gasteiger partial charge in [-0.05, 0) is 6.92 Å². The lowest BCUT2D eigenvalue weighted by molar-refractivity contribution is -0.153. The quantitative estimate of drug-likeness (QED) is 0.602. The molecule has 1 atom stereocenters. The second kappa shape index (κ2) is 4.81. The van der Waals surface area contributed by atoms with E-state index in [0.29, 0.717) is 19.8 Å². The van der Waals surface area contributed by atoms with E-state index in [4.69, 9.17) is 9.47 Å². The van der Waals surface area contributed by atoms with Crippen molar-refractivity contribution in [3.05, 3.63) is 0 Å². The van der Waals surface area contributed by atoms with Gasteiger partial charge in [-0.1, -0.05) is 0 Å². The topological polar surface area (TPSA) is 64.6 Å². The summed E-state index contributed by atoms with van der Waals surface area (Å²) in [7, 11) is 0. The lowest BCUT2D eigenvalue weighted by Crippen LogP contribution is -2.45. The Labute approximate surface area is 76.4 Å². The molecule has 1 aliphatic rings. The van der Waals surface area contributed by atoms with E-state index < -0.39 is 12.1 Å². The van der Waals surface area contributed by atoms with Crippen molar-refractivity contribution < 1.29 is 19.1 Å². The highest BCUT2D eigenvalue weighted by Gasteiger charge is 2.25. The summed E-state index contributed by atoms with van der Waals surface area (Å²) in [5.74, 6) is -0.635. The molecule has 1 N–H and O–H groups in total. The molecule has 5 nitrogen and oxygen atoms in total. The molecule has 0 spiro atoms. The van der Waals surface area contributed by atoms with Gasteiger partial charge in [-0.15, -0.1) is 0 Å². The maximum absolute atomic E-state index is 11.1. The van der Waals surface area contributed by atoms with E-state index in [2.05, 4.69) is 5.32 Å². The normalized spacial score (nSPS) is 22.2. The summed E-state index contributed by atoms with van der Waals surface area (Å²) >= 11 is 0. The third kappa shape index (κ3) is 3.02. The van der Waals surface area contributed by atoms with Gasteiger partial charge >= 0.3 is 5.97 Å². The molecule has 1 amide bonds.